The maximum atomic E-state index is 11.9. The van der Waals surface area contributed by atoms with Gasteiger partial charge in [-0.05, 0) is 25.0 Å². The number of nitrogens with one attached hydrogen (secondary N) is 1. The van der Waals surface area contributed by atoms with E-state index in [0.29, 0.717) is 12.8 Å². The van der Waals surface area contributed by atoms with Gasteiger partial charge >= 0.3 is 5.97 Å². The van der Waals surface area contributed by atoms with E-state index < -0.39 is 22.2 Å². The summed E-state index contributed by atoms with van der Waals surface area (Å²) in [4.78, 5) is 32.9. The van der Waals surface area contributed by atoms with Crippen LogP contribution in [0.5, 0.6) is 0 Å². The topological polar surface area (TPSA) is 110 Å². The van der Waals surface area contributed by atoms with E-state index in [1.807, 2.05) is 0 Å². The number of hydrogen-bond acceptors (Lipinski definition) is 4. The van der Waals surface area contributed by atoms with E-state index >= 15 is 0 Å². The molecule has 0 heterocycles. The zero-order valence-corrected chi connectivity index (χ0v) is 11.0. The largest absolute Gasteiger partial charge is 0.481 e. The van der Waals surface area contributed by atoms with E-state index in [0.717, 1.165) is 6.07 Å². The third-order valence-electron chi connectivity index (χ3n) is 3.30. The summed E-state index contributed by atoms with van der Waals surface area (Å²) in [5.41, 5.74) is -1.17. The van der Waals surface area contributed by atoms with Crippen LogP contribution in [0.25, 0.3) is 0 Å². The number of nitrogens with zero attached hydrogens (tertiary/aromatic N) is 1. The molecule has 7 nitrogen and oxygen atoms in total. The summed E-state index contributed by atoms with van der Waals surface area (Å²) in [6.07, 6.45) is 1.03. The predicted molar refractivity (Wildman–Crippen MR) is 69.7 cm³/mol. The molecule has 1 fully saturated rings. The minimum Gasteiger partial charge on any atom is -0.481 e. The first-order valence-corrected chi connectivity index (χ1v) is 6.19. The van der Waals surface area contributed by atoms with Gasteiger partial charge in [-0.2, -0.15) is 0 Å². The molecule has 0 saturated heterocycles. The van der Waals surface area contributed by atoms with E-state index in [2.05, 4.69) is 5.32 Å². The van der Waals surface area contributed by atoms with E-state index in [1.54, 1.807) is 0 Å². The number of carbonyl (C=O) groups excluding carboxylic acids is 1. The van der Waals surface area contributed by atoms with Crippen LogP contribution in [0.4, 0.5) is 5.69 Å². The summed E-state index contributed by atoms with van der Waals surface area (Å²) in [7, 11) is 0. The Morgan fingerprint density at radius 3 is 2.60 bits per heavy atom. The number of benzene rings is 1. The van der Waals surface area contributed by atoms with Gasteiger partial charge < -0.3 is 10.4 Å². The lowest BCUT2D eigenvalue weighted by Crippen LogP contribution is -2.34. The van der Waals surface area contributed by atoms with Crippen LogP contribution in [0.1, 0.15) is 23.2 Å². The molecule has 0 spiro atoms. The lowest BCUT2D eigenvalue weighted by Gasteiger charge is -2.11. The SMILES string of the molecule is O=C(NCC1(C(=O)O)CC1)c1ccc(Cl)c([N+](=O)[O-])c1. The van der Waals surface area contributed by atoms with E-state index in [-0.39, 0.29) is 22.8 Å². The first-order chi connectivity index (χ1) is 9.35. The van der Waals surface area contributed by atoms with Gasteiger partial charge in [-0.1, -0.05) is 11.6 Å². The quantitative estimate of drug-likeness (QED) is 0.636. The van der Waals surface area contributed by atoms with E-state index in [9.17, 15) is 19.7 Å². The Balaban J connectivity index is 2.08. The van der Waals surface area contributed by atoms with Crippen molar-refractivity contribution < 1.29 is 19.6 Å². The molecule has 0 bridgehead atoms. The molecule has 0 radical (unpaired) electrons. The van der Waals surface area contributed by atoms with Crippen LogP contribution in [-0.4, -0.2) is 28.5 Å². The van der Waals surface area contributed by atoms with Crippen molar-refractivity contribution in [1.29, 1.82) is 0 Å². The summed E-state index contributed by atoms with van der Waals surface area (Å²) in [5.74, 6) is -1.50. The lowest BCUT2D eigenvalue weighted by molar-refractivity contribution is -0.384. The Hall–Kier alpha value is -2.15. The maximum absolute atomic E-state index is 11.9. The Morgan fingerprint density at radius 2 is 2.10 bits per heavy atom. The van der Waals surface area contributed by atoms with Gasteiger partial charge in [0.15, 0.2) is 0 Å². The summed E-state index contributed by atoms with van der Waals surface area (Å²) in [6.45, 7) is 0.0115. The van der Waals surface area contributed by atoms with Crippen molar-refractivity contribution in [3.05, 3.63) is 38.9 Å². The van der Waals surface area contributed by atoms with Crippen LogP contribution in [0, 0.1) is 15.5 Å². The first-order valence-electron chi connectivity index (χ1n) is 5.81. The highest BCUT2D eigenvalue weighted by Crippen LogP contribution is 2.45. The standard InChI is InChI=1S/C12H11ClN2O5/c13-8-2-1-7(5-9(8)15(19)20)10(16)14-6-12(3-4-12)11(17)18/h1-2,5H,3-4,6H2,(H,14,16)(H,17,18). The van der Waals surface area contributed by atoms with Gasteiger partial charge in [0.25, 0.3) is 11.6 Å². The number of carboxylic acid groups (broad SMARTS) is 1. The number of amides is 1. The van der Waals surface area contributed by atoms with Crippen molar-refractivity contribution in [3.8, 4) is 0 Å². The van der Waals surface area contributed by atoms with Crippen molar-refractivity contribution in [2.75, 3.05) is 6.54 Å². The van der Waals surface area contributed by atoms with Crippen molar-refractivity contribution in [2.45, 2.75) is 12.8 Å². The Bertz CT molecular complexity index is 598. The predicted octanol–water partition coefficient (Wildman–Crippen LogP) is 1.84. The molecule has 1 aliphatic carbocycles. The molecule has 0 atom stereocenters. The van der Waals surface area contributed by atoms with Gasteiger partial charge in [-0.15, -0.1) is 0 Å². The zero-order valence-electron chi connectivity index (χ0n) is 10.3. The second kappa shape index (κ2) is 5.09. The fourth-order valence-electron chi connectivity index (χ4n) is 1.76. The molecule has 8 heteroatoms. The normalized spacial score (nSPS) is 15.4. The highest BCUT2D eigenvalue weighted by atomic mass is 35.5. The average molecular weight is 299 g/mol. The number of carboxylic acids is 1. The number of halogens is 1. The van der Waals surface area contributed by atoms with Crippen LogP contribution >= 0.6 is 11.6 Å². The first kappa shape index (κ1) is 14.3. The zero-order chi connectivity index (χ0) is 14.9. The minimum absolute atomic E-state index is 0.0115. The number of hydrogen-bond donors (Lipinski definition) is 2. The highest BCUT2D eigenvalue weighted by molar-refractivity contribution is 6.32. The van der Waals surface area contributed by atoms with Gasteiger partial charge in [-0.3, -0.25) is 19.7 Å². The van der Waals surface area contributed by atoms with Crippen molar-refractivity contribution in [3.63, 3.8) is 0 Å². The number of rotatable bonds is 5. The maximum Gasteiger partial charge on any atom is 0.311 e. The third kappa shape index (κ3) is 2.72. The Labute approximate surface area is 118 Å². The van der Waals surface area contributed by atoms with Crippen LogP contribution in [0.3, 0.4) is 0 Å². The van der Waals surface area contributed by atoms with Crippen LogP contribution in [-0.2, 0) is 4.79 Å². The number of aliphatic carboxylic acids is 1. The third-order valence-corrected chi connectivity index (χ3v) is 3.62. The molecule has 2 rings (SSSR count). The number of nitro benzene ring substituents is 1. The van der Waals surface area contributed by atoms with E-state index in [1.165, 1.54) is 12.1 Å². The molecule has 1 aromatic carbocycles. The Kier molecular flexibility index (Phi) is 3.63. The molecule has 0 unspecified atom stereocenters. The summed E-state index contributed by atoms with van der Waals surface area (Å²) in [6, 6.07) is 3.68. The summed E-state index contributed by atoms with van der Waals surface area (Å²) in [5, 5.41) is 22.1. The van der Waals surface area contributed by atoms with Crippen LogP contribution < -0.4 is 5.32 Å². The molecule has 0 aliphatic heterocycles. The highest BCUT2D eigenvalue weighted by Gasteiger charge is 2.50. The molecule has 0 aromatic heterocycles. The Morgan fingerprint density at radius 1 is 1.45 bits per heavy atom. The second-order valence-corrected chi connectivity index (χ2v) is 5.10. The molecular weight excluding hydrogens is 288 g/mol. The minimum atomic E-state index is -0.945. The summed E-state index contributed by atoms with van der Waals surface area (Å²) >= 11 is 5.65. The molecular formula is C12H11ClN2O5. The monoisotopic (exact) mass is 298 g/mol. The van der Waals surface area contributed by atoms with Crippen LogP contribution in [0.15, 0.2) is 18.2 Å². The van der Waals surface area contributed by atoms with Gasteiger partial charge in [0, 0.05) is 18.2 Å². The molecule has 1 aliphatic rings. The van der Waals surface area contributed by atoms with E-state index in [4.69, 9.17) is 16.7 Å². The molecule has 1 aromatic rings. The van der Waals surface area contributed by atoms with Gasteiger partial charge in [0.1, 0.15) is 5.02 Å². The molecule has 1 amide bonds. The van der Waals surface area contributed by atoms with Gasteiger partial charge in [0.2, 0.25) is 0 Å². The van der Waals surface area contributed by atoms with Crippen molar-refractivity contribution >= 4 is 29.2 Å². The van der Waals surface area contributed by atoms with Gasteiger partial charge in [-0.25, -0.2) is 0 Å². The molecule has 20 heavy (non-hydrogen) atoms. The lowest BCUT2D eigenvalue weighted by atomic mass is 10.1. The van der Waals surface area contributed by atoms with Crippen molar-refractivity contribution in [2.24, 2.45) is 5.41 Å². The van der Waals surface area contributed by atoms with Gasteiger partial charge in [0.05, 0.1) is 10.3 Å². The molecule has 106 valence electrons. The second-order valence-electron chi connectivity index (χ2n) is 4.69. The average Bonchev–Trinajstić information content (AvgIpc) is 3.17. The smallest absolute Gasteiger partial charge is 0.311 e. The molecule has 2 N–H and O–H groups in total. The number of carbonyl (C=O) groups is 2. The van der Waals surface area contributed by atoms with Crippen molar-refractivity contribution in [1.82, 2.24) is 5.32 Å². The molecule has 1 saturated carbocycles. The fourth-order valence-corrected chi connectivity index (χ4v) is 1.95. The number of nitro groups is 1. The van der Waals surface area contributed by atoms with Crippen LogP contribution in [0.2, 0.25) is 5.02 Å². The fraction of sp³-hybridized carbons (Fsp3) is 0.333. The summed E-state index contributed by atoms with van der Waals surface area (Å²) < 4.78 is 0.